The zero-order chi connectivity index (χ0) is 15.6. The van der Waals surface area contributed by atoms with Gasteiger partial charge in [0.25, 0.3) is 11.5 Å². The molecule has 0 unspecified atom stereocenters. The molecule has 0 bridgehead atoms. The first-order valence-electron chi connectivity index (χ1n) is 6.42. The van der Waals surface area contributed by atoms with Gasteiger partial charge in [-0.05, 0) is 49.7 Å². The molecule has 2 rings (SSSR count). The van der Waals surface area contributed by atoms with Crippen LogP contribution in [0.2, 0.25) is 0 Å². The molecule has 1 heterocycles. The van der Waals surface area contributed by atoms with Crippen LogP contribution in [-0.4, -0.2) is 10.5 Å². The van der Waals surface area contributed by atoms with E-state index < -0.39 is 5.91 Å². The Labute approximate surface area is 122 Å². The molecular formula is C16H15N3O2. The number of anilines is 1. The molecule has 0 aliphatic rings. The molecule has 0 atom stereocenters. The zero-order valence-electron chi connectivity index (χ0n) is 12.1. The lowest BCUT2D eigenvalue weighted by molar-refractivity contribution is 0.102. The topological polar surface area (TPSA) is 74.9 Å². The number of hydrogen-bond donors (Lipinski definition) is 1. The minimum Gasteiger partial charge on any atom is -0.322 e. The van der Waals surface area contributed by atoms with E-state index in [4.69, 9.17) is 5.26 Å². The second-order valence-corrected chi connectivity index (χ2v) is 4.85. The summed E-state index contributed by atoms with van der Waals surface area (Å²) < 4.78 is 1.45. The Kier molecular flexibility index (Phi) is 3.90. The lowest BCUT2D eigenvalue weighted by atomic mass is 10.1. The summed E-state index contributed by atoms with van der Waals surface area (Å²) in [7, 11) is 1.63. The zero-order valence-corrected chi connectivity index (χ0v) is 12.1. The van der Waals surface area contributed by atoms with E-state index in [-0.39, 0.29) is 11.1 Å². The van der Waals surface area contributed by atoms with Gasteiger partial charge in [0.05, 0.1) is 11.6 Å². The molecule has 5 nitrogen and oxygen atoms in total. The molecule has 0 radical (unpaired) electrons. The Balaban J connectivity index is 2.35. The number of carbonyl (C=O) groups excluding carboxylic acids is 1. The molecule has 1 aromatic carbocycles. The molecule has 0 aliphatic heterocycles. The standard InChI is InChI=1S/C16H15N3O2/c1-10-8-11(2)19(3)16(21)14(10)15(20)18-13-6-4-12(9-17)5-7-13/h4-8H,1-3H3,(H,18,20). The smallest absolute Gasteiger partial charge is 0.263 e. The molecule has 1 N–H and O–H groups in total. The summed E-state index contributed by atoms with van der Waals surface area (Å²) in [6, 6.07) is 10.3. The highest BCUT2D eigenvalue weighted by Gasteiger charge is 2.16. The quantitative estimate of drug-likeness (QED) is 0.916. The first-order valence-corrected chi connectivity index (χ1v) is 6.42. The number of hydrogen-bond acceptors (Lipinski definition) is 3. The van der Waals surface area contributed by atoms with Crippen LogP contribution in [0.5, 0.6) is 0 Å². The summed E-state index contributed by atoms with van der Waals surface area (Å²) in [6.45, 7) is 3.55. The Bertz CT molecular complexity index is 796. The van der Waals surface area contributed by atoms with Gasteiger partial charge >= 0.3 is 0 Å². The lowest BCUT2D eigenvalue weighted by Gasteiger charge is -2.11. The molecule has 0 saturated heterocycles. The molecule has 21 heavy (non-hydrogen) atoms. The number of nitrogens with one attached hydrogen (secondary N) is 1. The fourth-order valence-electron chi connectivity index (χ4n) is 2.08. The van der Waals surface area contributed by atoms with Crippen molar-refractivity contribution in [3.8, 4) is 6.07 Å². The average Bonchev–Trinajstić information content (AvgIpc) is 2.45. The molecule has 106 valence electrons. The van der Waals surface area contributed by atoms with Gasteiger partial charge in [0.1, 0.15) is 5.56 Å². The third-order valence-corrected chi connectivity index (χ3v) is 3.37. The van der Waals surface area contributed by atoms with Gasteiger partial charge in [-0.15, -0.1) is 0 Å². The van der Waals surface area contributed by atoms with Crippen molar-refractivity contribution in [2.45, 2.75) is 13.8 Å². The largest absolute Gasteiger partial charge is 0.322 e. The van der Waals surface area contributed by atoms with E-state index in [2.05, 4.69) is 5.32 Å². The van der Waals surface area contributed by atoms with Crippen LogP contribution in [0.15, 0.2) is 35.1 Å². The molecule has 5 heteroatoms. The predicted octanol–water partition coefficient (Wildman–Crippen LogP) is 2.13. The number of carbonyl (C=O) groups is 1. The van der Waals surface area contributed by atoms with Crippen molar-refractivity contribution in [1.29, 1.82) is 5.26 Å². The summed E-state index contributed by atoms with van der Waals surface area (Å²) in [5, 5.41) is 11.4. The molecule has 0 saturated carbocycles. The normalized spacial score (nSPS) is 10.0. The fourth-order valence-corrected chi connectivity index (χ4v) is 2.08. The van der Waals surface area contributed by atoms with Gasteiger partial charge in [-0.2, -0.15) is 5.26 Å². The van der Waals surface area contributed by atoms with Crippen LogP contribution in [0.3, 0.4) is 0 Å². The maximum Gasteiger partial charge on any atom is 0.263 e. The van der Waals surface area contributed by atoms with E-state index >= 15 is 0 Å². The third-order valence-electron chi connectivity index (χ3n) is 3.37. The Morgan fingerprint density at radius 2 is 1.86 bits per heavy atom. The SMILES string of the molecule is Cc1cc(C)n(C)c(=O)c1C(=O)Nc1ccc(C#N)cc1. The van der Waals surface area contributed by atoms with E-state index in [0.717, 1.165) is 5.69 Å². The minimum absolute atomic E-state index is 0.132. The van der Waals surface area contributed by atoms with Crippen LogP contribution in [0.25, 0.3) is 0 Å². The molecule has 0 spiro atoms. The van der Waals surface area contributed by atoms with E-state index in [1.165, 1.54) is 4.57 Å². The number of aryl methyl sites for hydroxylation is 2. The van der Waals surface area contributed by atoms with Crippen molar-refractivity contribution in [3.63, 3.8) is 0 Å². The van der Waals surface area contributed by atoms with E-state index in [0.29, 0.717) is 16.8 Å². The predicted molar refractivity (Wildman–Crippen MR) is 80.3 cm³/mol. The van der Waals surface area contributed by atoms with Gasteiger partial charge < -0.3 is 9.88 Å². The molecule has 1 aromatic heterocycles. The number of nitrogens with zero attached hydrogens (tertiary/aromatic N) is 2. The Morgan fingerprint density at radius 3 is 2.43 bits per heavy atom. The molecule has 1 amide bonds. The van der Waals surface area contributed by atoms with Crippen LogP contribution in [0, 0.1) is 25.2 Å². The number of nitriles is 1. The van der Waals surface area contributed by atoms with E-state index in [1.807, 2.05) is 13.0 Å². The Morgan fingerprint density at radius 1 is 1.24 bits per heavy atom. The monoisotopic (exact) mass is 281 g/mol. The van der Waals surface area contributed by atoms with Crippen LogP contribution in [-0.2, 0) is 7.05 Å². The second-order valence-electron chi connectivity index (χ2n) is 4.85. The van der Waals surface area contributed by atoms with Crippen LogP contribution in [0.1, 0.15) is 27.2 Å². The van der Waals surface area contributed by atoms with Crippen molar-refractivity contribution in [2.75, 3.05) is 5.32 Å². The number of rotatable bonds is 2. The van der Waals surface area contributed by atoms with Crippen LogP contribution in [0.4, 0.5) is 5.69 Å². The van der Waals surface area contributed by atoms with Crippen LogP contribution < -0.4 is 10.9 Å². The number of benzene rings is 1. The first-order chi connectivity index (χ1) is 9.93. The number of pyridine rings is 1. The summed E-state index contributed by atoms with van der Waals surface area (Å²) in [4.78, 5) is 24.5. The summed E-state index contributed by atoms with van der Waals surface area (Å²) in [5.41, 5.74) is 2.30. The maximum atomic E-state index is 12.3. The third kappa shape index (κ3) is 2.84. The highest BCUT2D eigenvalue weighted by molar-refractivity contribution is 6.05. The fraction of sp³-hybridized carbons (Fsp3) is 0.188. The van der Waals surface area contributed by atoms with Gasteiger partial charge in [0.2, 0.25) is 0 Å². The van der Waals surface area contributed by atoms with Crippen LogP contribution >= 0.6 is 0 Å². The highest BCUT2D eigenvalue weighted by atomic mass is 16.2. The van der Waals surface area contributed by atoms with Crippen molar-refractivity contribution in [3.05, 3.63) is 63.1 Å². The second kappa shape index (κ2) is 5.63. The van der Waals surface area contributed by atoms with Crippen molar-refractivity contribution in [1.82, 2.24) is 4.57 Å². The average molecular weight is 281 g/mol. The lowest BCUT2D eigenvalue weighted by Crippen LogP contribution is -2.30. The summed E-state index contributed by atoms with van der Waals surface area (Å²) in [5.74, 6) is -0.446. The first kappa shape index (κ1) is 14.5. The molecule has 0 aliphatic carbocycles. The van der Waals surface area contributed by atoms with E-state index in [9.17, 15) is 9.59 Å². The number of amides is 1. The van der Waals surface area contributed by atoms with Crippen molar-refractivity contribution < 1.29 is 4.79 Å². The highest BCUT2D eigenvalue weighted by Crippen LogP contribution is 2.12. The van der Waals surface area contributed by atoms with E-state index in [1.54, 1.807) is 44.3 Å². The maximum absolute atomic E-state index is 12.3. The van der Waals surface area contributed by atoms with Gasteiger partial charge in [-0.25, -0.2) is 0 Å². The number of aromatic nitrogens is 1. The molecule has 2 aromatic rings. The molecular weight excluding hydrogens is 266 g/mol. The van der Waals surface area contributed by atoms with Crippen molar-refractivity contribution >= 4 is 11.6 Å². The Hall–Kier alpha value is -2.87. The summed E-state index contributed by atoms with van der Waals surface area (Å²) >= 11 is 0. The minimum atomic E-state index is -0.446. The molecule has 0 fully saturated rings. The van der Waals surface area contributed by atoms with Gasteiger partial charge in [-0.1, -0.05) is 0 Å². The van der Waals surface area contributed by atoms with Crippen molar-refractivity contribution in [2.24, 2.45) is 7.05 Å². The summed E-state index contributed by atoms with van der Waals surface area (Å²) in [6.07, 6.45) is 0. The van der Waals surface area contributed by atoms with Gasteiger partial charge in [0, 0.05) is 18.4 Å². The van der Waals surface area contributed by atoms with Gasteiger partial charge in [0.15, 0.2) is 0 Å². The van der Waals surface area contributed by atoms with Gasteiger partial charge in [-0.3, -0.25) is 9.59 Å².